The van der Waals surface area contributed by atoms with Crippen LogP contribution in [0.25, 0.3) is 0 Å². The highest BCUT2D eigenvalue weighted by Gasteiger charge is 2.12. The van der Waals surface area contributed by atoms with E-state index in [-0.39, 0.29) is 17.2 Å². The second kappa shape index (κ2) is 6.58. The van der Waals surface area contributed by atoms with E-state index >= 15 is 0 Å². The first-order valence-electron chi connectivity index (χ1n) is 6.80. The van der Waals surface area contributed by atoms with Gasteiger partial charge in [0.15, 0.2) is 0 Å². The van der Waals surface area contributed by atoms with Gasteiger partial charge in [-0.3, -0.25) is 0 Å². The summed E-state index contributed by atoms with van der Waals surface area (Å²) in [5, 5.41) is 3.35. The molecule has 2 aromatic rings. The third-order valence-corrected chi connectivity index (χ3v) is 3.96. The maximum absolute atomic E-state index is 13.5. The Hall–Kier alpha value is -1.39. The summed E-state index contributed by atoms with van der Waals surface area (Å²) in [5.41, 5.74) is 0.826. The standard InChI is InChI=1S/C17H19F2NS/c1-17(2,3)20-11-12-9-14(19)7-8-16(12)21-15-6-4-5-13(18)10-15/h4-10,20H,11H2,1-3H3. The molecule has 4 heteroatoms. The topological polar surface area (TPSA) is 12.0 Å². The second-order valence-electron chi connectivity index (χ2n) is 5.92. The molecule has 2 aromatic carbocycles. The molecule has 0 radical (unpaired) electrons. The summed E-state index contributed by atoms with van der Waals surface area (Å²) in [7, 11) is 0. The van der Waals surface area contributed by atoms with Crippen LogP contribution in [0.15, 0.2) is 52.3 Å². The SMILES string of the molecule is CC(C)(C)NCc1cc(F)ccc1Sc1cccc(F)c1. The van der Waals surface area contributed by atoms with Crippen LogP contribution < -0.4 is 5.32 Å². The number of benzene rings is 2. The van der Waals surface area contributed by atoms with Gasteiger partial charge < -0.3 is 5.32 Å². The van der Waals surface area contributed by atoms with Crippen molar-refractivity contribution < 1.29 is 8.78 Å². The Kier molecular flexibility index (Phi) is 5.01. The lowest BCUT2D eigenvalue weighted by Gasteiger charge is -2.21. The zero-order valence-electron chi connectivity index (χ0n) is 12.4. The summed E-state index contributed by atoms with van der Waals surface area (Å²) >= 11 is 1.44. The van der Waals surface area contributed by atoms with Gasteiger partial charge in [-0.05, 0) is 62.7 Å². The molecule has 1 nitrogen and oxygen atoms in total. The van der Waals surface area contributed by atoms with Gasteiger partial charge in [0, 0.05) is 21.9 Å². The highest BCUT2D eigenvalue weighted by Crippen LogP contribution is 2.31. The van der Waals surface area contributed by atoms with E-state index in [0.717, 1.165) is 15.4 Å². The Bertz CT molecular complexity index is 620. The van der Waals surface area contributed by atoms with Crippen LogP contribution in [0.2, 0.25) is 0 Å². The van der Waals surface area contributed by atoms with Crippen LogP contribution in [0.5, 0.6) is 0 Å². The van der Waals surface area contributed by atoms with Crippen molar-refractivity contribution in [3.05, 3.63) is 59.7 Å². The quantitative estimate of drug-likeness (QED) is 0.852. The van der Waals surface area contributed by atoms with Crippen LogP contribution in [0.3, 0.4) is 0 Å². The molecule has 2 rings (SSSR count). The predicted octanol–water partition coefficient (Wildman–Crippen LogP) is 5.00. The van der Waals surface area contributed by atoms with E-state index < -0.39 is 0 Å². The lowest BCUT2D eigenvalue weighted by atomic mass is 10.1. The first-order valence-corrected chi connectivity index (χ1v) is 7.62. The number of hydrogen-bond acceptors (Lipinski definition) is 2. The van der Waals surface area contributed by atoms with Crippen LogP contribution >= 0.6 is 11.8 Å². The molecule has 0 aliphatic rings. The Morgan fingerprint density at radius 3 is 2.38 bits per heavy atom. The smallest absolute Gasteiger partial charge is 0.124 e. The van der Waals surface area contributed by atoms with Crippen molar-refractivity contribution in [3.8, 4) is 0 Å². The Labute approximate surface area is 128 Å². The van der Waals surface area contributed by atoms with Gasteiger partial charge >= 0.3 is 0 Å². The summed E-state index contributed by atoms with van der Waals surface area (Å²) in [6, 6.07) is 11.1. The van der Waals surface area contributed by atoms with Crippen molar-refractivity contribution in [2.24, 2.45) is 0 Å². The second-order valence-corrected chi connectivity index (χ2v) is 7.03. The van der Waals surface area contributed by atoms with Crippen LogP contribution in [-0.4, -0.2) is 5.54 Å². The van der Waals surface area contributed by atoms with Crippen molar-refractivity contribution >= 4 is 11.8 Å². The first kappa shape index (κ1) is 16.0. The minimum absolute atomic E-state index is 0.0485. The van der Waals surface area contributed by atoms with Gasteiger partial charge in [-0.2, -0.15) is 0 Å². The summed E-state index contributed by atoms with van der Waals surface area (Å²) < 4.78 is 26.7. The molecule has 0 aliphatic carbocycles. The Morgan fingerprint density at radius 1 is 1.00 bits per heavy atom. The predicted molar refractivity (Wildman–Crippen MR) is 83.5 cm³/mol. The van der Waals surface area contributed by atoms with Gasteiger partial charge in [0.1, 0.15) is 11.6 Å². The number of nitrogens with one attached hydrogen (secondary N) is 1. The van der Waals surface area contributed by atoms with Crippen LogP contribution in [-0.2, 0) is 6.54 Å². The van der Waals surface area contributed by atoms with E-state index in [0.29, 0.717) is 6.54 Å². The molecule has 0 heterocycles. The highest BCUT2D eigenvalue weighted by atomic mass is 32.2. The summed E-state index contributed by atoms with van der Waals surface area (Å²) in [5.74, 6) is -0.527. The van der Waals surface area contributed by atoms with Gasteiger partial charge in [-0.25, -0.2) is 8.78 Å². The monoisotopic (exact) mass is 307 g/mol. The number of halogens is 2. The van der Waals surface area contributed by atoms with Crippen LogP contribution in [0.4, 0.5) is 8.78 Å². The molecule has 112 valence electrons. The van der Waals surface area contributed by atoms with E-state index in [2.05, 4.69) is 26.1 Å². The fourth-order valence-electron chi connectivity index (χ4n) is 1.80. The molecule has 0 fully saturated rings. The van der Waals surface area contributed by atoms with Gasteiger partial charge in [-0.1, -0.05) is 17.8 Å². The number of hydrogen-bond donors (Lipinski definition) is 1. The van der Waals surface area contributed by atoms with Crippen molar-refractivity contribution in [3.63, 3.8) is 0 Å². The van der Waals surface area contributed by atoms with Crippen LogP contribution in [0, 0.1) is 11.6 Å². The molecule has 0 amide bonds. The van der Waals surface area contributed by atoms with E-state index in [1.807, 2.05) is 6.07 Å². The average molecular weight is 307 g/mol. The summed E-state index contributed by atoms with van der Waals surface area (Å²) in [4.78, 5) is 1.73. The maximum Gasteiger partial charge on any atom is 0.124 e. The zero-order valence-corrected chi connectivity index (χ0v) is 13.2. The molecule has 0 aromatic heterocycles. The fraction of sp³-hybridized carbons (Fsp3) is 0.294. The van der Waals surface area contributed by atoms with Crippen molar-refractivity contribution in [2.75, 3.05) is 0 Å². The minimum atomic E-state index is -0.267. The average Bonchev–Trinajstić information content (AvgIpc) is 2.38. The summed E-state index contributed by atoms with van der Waals surface area (Å²) in [6.45, 7) is 6.75. The van der Waals surface area contributed by atoms with Crippen LogP contribution in [0.1, 0.15) is 26.3 Å². The molecule has 0 aliphatic heterocycles. The van der Waals surface area contributed by atoms with Gasteiger partial charge in [0.05, 0.1) is 0 Å². The van der Waals surface area contributed by atoms with Crippen molar-refractivity contribution in [1.29, 1.82) is 0 Å². The van der Waals surface area contributed by atoms with E-state index in [9.17, 15) is 8.78 Å². The maximum atomic E-state index is 13.5. The molecule has 1 N–H and O–H groups in total. The fourth-order valence-corrected chi connectivity index (χ4v) is 2.77. The Morgan fingerprint density at radius 2 is 1.71 bits per heavy atom. The molecule has 21 heavy (non-hydrogen) atoms. The van der Waals surface area contributed by atoms with E-state index in [4.69, 9.17) is 0 Å². The largest absolute Gasteiger partial charge is 0.308 e. The minimum Gasteiger partial charge on any atom is -0.308 e. The molecule has 0 spiro atoms. The first-order chi connectivity index (χ1) is 9.83. The van der Waals surface area contributed by atoms with Crippen molar-refractivity contribution in [1.82, 2.24) is 5.32 Å². The van der Waals surface area contributed by atoms with Gasteiger partial charge in [0.25, 0.3) is 0 Å². The molecular formula is C17H19F2NS. The summed E-state index contributed by atoms with van der Waals surface area (Å²) in [6.07, 6.45) is 0. The van der Waals surface area contributed by atoms with E-state index in [1.54, 1.807) is 12.1 Å². The lowest BCUT2D eigenvalue weighted by molar-refractivity contribution is 0.422. The molecule has 0 unspecified atom stereocenters. The lowest BCUT2D eigenvalue weighted by Crippen LogP contribution is -2.35. The molecule has 0 saturated heterocycles. The zero-order chi connectivity index (χ0) is 15.5. The van der Waals surface area contributed by atoms with Crippen molar-refractivity contribution in [2.45, 2.75) is 42.6 Å². The third kappa shape index (κ3) is 5.14. The van der Waals surface area contributed by atoms with E-state index in [1.165, 1.54) is 36.0 Å². The normalized spacial score (nSPS) is 11.7. The molecular weight excluding hydrogens is 288 g/mol. The van der Waals surface area contributed by atoms with Gasteiger partial charge in [0.2, 0.25) is 0 Å². The Balaban J connectivity index is 2.22. The number of rotatable bonds is 4. The molecule has 0 bridgehead atoms. The van der Waals surface area contributed by atoms with Gasteiger partial charge in [-0.15, -0.1) is 0 Å². The third-order valence-electron chi connectivity index (χ3n) is 2.86. The molecule has 0 saturated carbocycles. The molecule has 0 atom stereocenters. The highest BCUT2D eigenvalue weighted by molar-refractivity contribution is 7.99.